The number of aryl methyl sites for hydroxylation is 4. The van der Waals surface area contributed by atoms with Crippen LogP contribution in [0.4, 0.5) is 11.6 Å². The van der Waals surface area contributed by atoms with Crippen LogP contribution in [0.1, 0.15) is 297 Å². The van der Waals surface area contributed by atoms with E-state index in [-0.39, 0.29) is 48.7 Å². The molecular weight excluding hydrogens is 1820 g/mol. The maximum atomic E-state index is 10.5. The number of nitrogens with zero attached hydrogens (tertiary/aromatic N) is 14. The molecule has 12 heterocycles. The molecule has 20 N–H and O–H groups in total. The minimum Gasteiger partial charge on any atom is -0.402 e. The SMILES string of the molecule is CC1=NC(=C(/C=C(/C)N)C(=N)N2CCC(NC3CCCCC3)C(CO)C2)ON1.CCC1(CO)CN(C(=N)C(/C=C(/C)N)=C2NC(C)=NO2)CCC1NC1CCCCC1.CCC1(CO)CN(c2ncc(C)cc2-c2nc(C)no2)CCC1NC1CCCCC1.CCC1CN(c2ncc(C)cc2-c2nc(C)no2)CCC1NC1CCCCC1.COC1CN(C(=N)C(/C=C(/C)N)=C2NC(C)=NO2)CCC1NC1CCCCC1. The third kappa shape index (κ3) is 30.1. The maximum Gasteiger partial charge on any atom is 0.261 e. The summed E-state index contributed by atoms with van der Waals surface area (Å²) in [5.41, 5.74) is 27.5. The molecule has 0 aromatic carbocycles. The predicted molar refractivity (Wildman–Crippen MR) is 570 cm³/mol. The van der Waals surface area contributed by atoms with E-state index < -0.39 is 0 Å². The Hall–Kier alpha value is -10.1. The number of pyridine rings is 2. The number of hydroxylamine groups is 1. The second-order valence-corrected chi connectivity index (χ2v) is 42.9. The van der Waals surface area contributed by atoms with E-state index in [4.69, 9.17) is 71.7 Å². The molecule has 37 nitrogen and oxygen atoms in total. The molecule has 10 fully saturated rings. The molecule has 8 aliphatic heterocycles. The van der Waals surface area contributed by atoms with E-state index in [2.05, 4.69) is 128 Å². The highest BCUT2D eigenvalue weighted by molar-refractivity contribution is 6.02. The number of nitrogens with one attached hydrogen (secondary N) is 11. The number of aliphatic hydroxyl groups excluding tert-OH is 3. The van der Waals surface area contributed by atoms with Crippen molar-refractivity contribution in [3.05, 3.63) is 117 Å². The first-order valence-electron chi connectivity index (χ1n) is 54.2. The fourth-order valence-electron chi connectivity index (χ4n) is 23.3. The van der Waals surface area contributed by atoms with Crippen molar-refractivity contribution >= 4 is 46.6 Å². The van der Waals surface area contributed by atoms with Gasteiger partial charge in [0, 0.05) is 186 Å². The number of amidine groups is 6. The average molecular weight is 2000 g/mol. The number of rotatable bonds is 27. The molecule has 13 aliphatic rings. The highest BCUT2D eigenvalue weighted by Crippen LogP contribution is 2.42. The fourth-order valence-corrected chi connectivity index (χ4v) is 23.3. The smallest absolute Gasteiger partial charge is 0.261 e. The summed E-state index contributed by atoms with van der Waals surface area (Å²) in [4.78, 5) is 49.7. The first-order chi connectivity index (χ1) is 69.5. The van der Waals surface area contributed by atoms with Crippen LogP contribution in [0.2, 0.25) is 0 Å². The van der Waals surface area contributed by atoms with Crippen LogP contribution in [0.25, 0.3) is 22.9 Å². The van der Waals surface area contributed by atoms with Crippen molar-refractivity contribution in [3.63, 3.8) is 0 Å². The van der Waals surface area contributed by atoms with Gasteiger partial charge in [-0.3, -0.25) is 16.2 Å². The number of anilines is 2. The van der Waals surface area contributed by atoms with Gasteiger partial charge in [0.15, 0.2) is 11.6 Å². The van der Waals surface area contributed by atoms with Crippen LogP contribution in [-0.2, 0) is 19.2 Å². The second kappa shape index (κ2) is 54.0. The van der Waals surface area contributed by atoms with Gasteiger partial charge in [0.25, 0.3) is 17.7 Å². The lowest BCUT2D eigenvalue weighted by molar-refractivity contribution is 0.0158. The Morgan fingerprint density at radius 3 is 1.28 bits per heavy atom. The highest BCUT2D eigenvalue weighted by Gasteiger charge is 2.47. The summed E-state index contributed by atoms with van der Waals surface area (Å²) in [7, 11) is 1.76. The number of hydrogen-bond donors (Lipinski definition) is 17. The molecule has 796 valence electrons. The monoisotopic (exact) mass is 2000 g/mol. The summed E-state index contributed by atoms with van der Waals surface area (Å²) in [6, 6.07) is 9.01. The highest BCUT2D eigenvalue weighted by atomic mass is 16.7. The van der Waals surface area contributed by atoms with Gasteiger partial charge in [0.05, 0.1) is 47.2 Å². The number of methoxy groups -OCH3 is 1. The van der Waals surface area contributed by atoms with E-state index in [1.54, 1.807) is 53.0 Å². The van der Waals surface area contributed by atoms with Crippen molar-refractivity contribution < 1.29 is 43.6 Å². The van der Waals surface area contributed by atoms with Crippen LogP contribution in [0.5, 0.6) is 0 Å². The zero-order valence-electron chi connectivity index (χ0n) is 88.9. The number of piperidine rings is 5. The van der Waals surface area contributed by atoms with E-state index in [1.165, 1.54) is 167 Å². The van der Waals surface area contributed by atoms with Crippen LogP contribution in [0.15, 0.2) is 119 Å². The van der Waals surface area contributed by atoms with E-state index >= 15 is 0 Å². The molecule has 0 amide bonds. The minimum absolute atomic E-state index is 0.0423. The number of likely N-dealkylation sites (tertiary alicyclic amines) is 3. The Balaban J connectivity index is 0.000000151. The summed E-state index contributed by atoms with van der Waals surface area (Å²) in [5, 5.41) is 98.7. The van der Waals surface area contributed by atoms with Crippen molar-refractivity contribution in [1.82, 2.24) is 87.6 Å². The van der Waals surface area contributed by atoms with Crippen LogP contribution >= 0.6 is 0 Å². The van der Waals surface area contributed by atoms with Gasteiger partial charge in [-0.15, -0.1) is 0 Å². The molecule has 10 atom stereocenters. The molecule has 5 saturated carbocycles. The first-order valence-corrected chi connectivity index (χ1v) is 54.2. The lowest BCUT2D eigenvalue weighted by Crippen LogP contribution is -2.61. The minimum atomic E-state index is -0.282. The molecule has 0 radical (unpaired) electrons. The van der Waals surface area contributed by atoms with Gasteiger partial charge in [0.1, 0.15) is 46.6 Å². The van der Waals surface area contributed by atoms with Crippen molar-refractivity contribution in [2.24, 2.45) is 55.2 Å². The van der Waals surface area contributed by atoms with Gasteiger partial charge in [-0.25, -0.2) is 15.4 Å². The first kappa shape index (κ1) is 111. The number of hydrogen-bond acceptors (Lipinski definition) is 34. The number of aliphatic imine (C=N–C) groups is 1. The van der Waals surface area contributed by atoms with Crippen molar-refractivity contribution in [2.75, 3.05) is 102 Å². The fraction of sp³-hybridized carbons (Fsp3) is 0.701. The molecule has 17 rings (SSSR count). The number of nitrogens with two attached hydrogens (primary N) is 3. The molecule has 37 heteroatoms. The topological polar surface area (TPSA) is 500 Å². The van der Waals surface area contributed by atoms with Crippen LogP contribution in [-0.4, -0.2) is 254 Å². The second-order valence-electron chi connectivity index (χ2n) is 42.9. The molecule has 0 spiro atoms. The molecule has 4 aromatic heterocycles. The van der Waals surface area contributed by atoms with Gasteiger partial charge >= 0.3 is 0 Å². The molecular formula is C107H174N28O9. The van der Waals surface area contributed by atoms with Gasteiger partial charge in [-0.1, -0.05) is 144 Å². The largest absolute Gasteiger partial charge is 0.402 e. The van der Waals surface area contributed by atoms with Gasteiger partial charge in [-0.2, -0.15) is 15.0 Å². The normalized spacial score (nSPS) is 27.3. The number of ether oxygens (including phenoxy) is 1. The lowest BCUT2D eigenvalue weighted by Gasteiger charge is -2.49. The standard InChI is InChI=1S/C23H35N5O2.C22H38N6O2.C22H33N5O.2C20H34N6O2/c1-4-23(15-29)14-28(11-10-20(23)26-18-8-6-5-7-9-18)21-19(12-16(2)13-24-21)22-25-17(3)27-30-22;1-4-22(14-29)13-28(11-10-19(22)26-17-8-6-5-7-9-17)20(24)18(12-15(2)23)21-25-16(3)27-30-21;1-4-17-14-27(11-10-20(17)25-18-8-6-5-7-9-18)21-19(12-15(2)13-23-21)22-24-16(3)26-28-22;1-13(21)11-16(20-23-14(2)25-28-20)19(22)26-10-9-17(18(12-26)27-3)24-15-7-5-4-6-8-15;1-13(21)10-17(20-23-14(2)25-28-20)19(22)26-9-8-18(15(11-26)12-27)24-16-6-4-3-5-7-16/h12-13,18,20,26,29H,4-11,14-15H2,1-3H3;12,17,19,24,26,29H,4-11,13-14,23H2,1-3H3,(H,25,27);12-13,17-18,20,25H,4-11,14H2,1-3H3;11,15,17-18,22,24H,4-10,12,21H2,1-3H3,(H,23,25);10,15-16,18,22,24,27H,3-9,11-12,21H2,1-2H3,(H,23,25)/b;15-12-,21-18?,24-20?;;13-11-,20-16?,22-19?;13-10-,20-17?,22-19?. The van der Waals surface area contributed by atoms with E-state index in [0.29, 0.717) is 190 Å². The Kier molecular flexibility index (Phi) is 41.7. The Morgan fingerprint density at radius 2 is 0.868 bits per heavy atom. The summed E-state index contributed by atoms with van der Waals surface area (Å²) in [6.07, 6.45) is 49.5. The van der Waals surface area contributed by atoms with Gasteiger partial charge in [0.2, 0.25) is 11.8 Å². The zero-order chi connectivity index (χ0) is 103. The molecule has 4 aromatic rings. The summed E-state index contributed by atoms with van der Waals surface area (Å²) in [5.74, 6) is 9.15. The Morgan fingerprint density at radius 1 is 0.472 bits per heavy atom. The predicted octanol–water partition coefficient (Wildman–Crippen LogP) is 13.9. The van der Waals surface area contributed by atoms with Crippen molar-refractivity contribution in [2.45, 2.75) is 368 Å². The molecule has 0 bridgehead atoms. The number of allylic oxidation sites excluding steroid dienone is 3. The third-order valence-corrected chi connectivity index (χ3v) is 31.6. The van der Waals surface area contributed by atoms with E-state index in [9.17, 15) is 15.3 Å². The zero-order valence-corrected chi connectivity index (χ0v) is 88.9. The van der Waals surface area contributed by atoms with Crippen LogP contribution in [0.3, 0.4) is 0 Å². The lowest BCUT2D eigenvalue weighted by atomic mass is 9.73. The average Bonchev–Trinajstić information content (AvgIpc) is 1.71. The van der Waals surface area contributed by atoms with Crippen LogP contribution < -0.4 is 69.7 Å². The van der Waals surface area contributed by atoms with E-state index in [0.717, 1.165) is 125 Å². The van der Waals surface area contributed by atoms with Gasteiger partial charge < -0.3 is 123 Å². The number of aliphatic hydroxyl groups is 3. The number of aromatic nitrogens is 6. The molecule has 5 saturated heterocycles. The Labute approximate surface area is 855 Å². The summed E-state index contributed by atoms with van der Waals surface area (Å²) < 4.78 is 16.7. The Bertz CT molecular complexity index is 5100. The summed E-state index contributed by atoms with van der Waals surface area (Å²) >= 11 is 0. The summed E-state index contributed by atoms with van der Waals surface area (Å²) in [6.45, 7) is 33.5. The van der Waals surface area contributed by atoms with Crippen molar-refractivity contribution in [1.29, 1.82) is 16.2 Å². The molecule has 144 heavy (non-hydrogen) atoms. The molecule has 5 aliphatic carbocycles. The maximum absolute atomic E-state index is 10.5. The molecule has 10 unspecified atom stereocenters. The third-order valence-electron chi connectivity index (χ3n) is 31.6. The van der Waals surface area contributed by atoms with Gasteiger partial charge in [-0.05, 0) is 226 Å². The van der Waals surface area contributed by atoms with Crippen molar-refractivity contribution in [3.8, 4) is 22.9 Å². The van der Waals surface area contributed by atoms with E-state index in [1.807, 2.05) is 61.7 Å². The number of oxime groups is 2. The van der Waals surface area contributed by atoms with Crippen LogP contribution in [0, 0.1) is 66.6 Å². The quantitative estimate of drug-likeness (QED) is 0.0195.